The third kappa shape index (κ3) is 2.59. The molecule has 4 aromatic rings. The van der Waals surface area contributed by atoms with E-state index in [-0.39, 0.29) is 6.42 Å². The van der Waals surface area contributed by atoms with Crippen LogP contribution in [0.1, 0.15) is 12.6 Å². The fourth-order valence-electron chi connectivity index (χ4n) is 2.91. The van der Waals surface area contributed by atoms with Crippen molar-refractivity contribution in [3.63, 3.8) is 0 Å². The first-order chi connectivity index (χ1) is 12.3. The van der Waals surface area contributed by atoms with Crippen molar-refractivity contribution in [1.29, 1.82) is 5.26 Å². The van der Waals surface area contributed by atoms with E-state index in [4.69, 9.17) is 14.1 Å². The number of thiazole rings is 1. The summed E-state index contributed by atoms with van der Waals surface area (Å²) in [5, 5.41) is 11.4. The van der Waals surface area contributed by atoms with Crippen LogP contribution in [0, 0.1) is 11.3 Å². The maximum Gasteiger partial charge on any atom is 0.195 e. The second-order valence-corrected chi connectivity index (χ2v) is 6.22. The molecule has 1 aromatic carbocycles. The molecule has 3 heterocycles. The van der Waals surface area contributed by atoms with Gasteiger partial charge in [0.2, 0.25) is 0 Å². The van der Waals surface area contributed by atoms with Gasteiger partial charge in [-0.05, 0) is 31.2 Å². The van der Waals surface area contributed by atoms with Crippen molar-refractivity contribution in [2.45, 2.75) is 13.3 Å². The van der Waals surface area contributed by atoms with E-state index in [2.05, 4.69) is 6.07 Å². The number of benzene rings is 1. The Bertz CT molecular complexity index is 1050. The molecule has 0 spiro atoms. The van der Waals surface area contributed by atoms with Gasteiger partial charge in [-0.15, -0.1) is 11.3 Å². The van der Waals surface area contributed by atoms with Gasteiger partial charge in [-0.25, -0.2) is 4.98 Å². The minimum Gasteiger partial charge on any atom is -0.493 e. The highest BCUT2D eigenvalue weighted by atomic mass is 32.1. The number of hydrogen-bond donors (Lipinski definition) is 0. The van der Waals surface area contributed by atoms with E-state index in [0.29, 0.717) is 6.61 Å². The Morgan fingerprint density at radius 2 is 2.16 bits per heavy atom. The monoisotopic (exact) mass is 349 g/mol. The van der Waals surface area contributed by atoms with Crippen LogP contribution < -0.4 is 4.74 Å². The lowest BCUT2D eigenvalue weighted by atomic mass is 10.1. The molecule has 25 heavy (non-hydrogen) atoms. The number of furan rings is 1. The number of imidazole rings is 1. The molecule has 0 aliphatic heterocycles. The number of para-hydroxylation sites is 1. The van der Waals surface area contributed by atoms with Crippen LogP contribution in [0.25, 0.3) is 27.7 Å². The van der Waals surface area contributed by atoms with Gasteiger partial charge >= 0.3 is 0 Å². The zero-order valence-corrected chi connectivity index (χ0v) is 14.4. The summed E-state index contributed by atoms with van der Waals surface area (Å²) in [6, 6.07) is 13.8. The van der Waals surface area contributed by atoms with E-state index in [0.717, 1.165) is 39.1 Å². The van der Waals surface area contributed by atoms with E-state index in [1.54, 1.807) is 6.26 Å². The van der Waals surface area contributed by atoms with Crippen LogP contribution in [0.2, 0.25) is 0 Å². The Morgan fingerprint density at radius 3 is 2.92 bits per heavy atom. The maximum absolute atomic E-state index is 9.36. The molecule has 4 rings (SSSR count). The molecule has 0 N–H and O–H groups in total. The molecule has 124 valence electrons. The van der Waals surface area contributed by atoms with Crippen LogP contribution in [-0.2, 0) is 6.42 Å². The number of aromatic nitrogens is 2. The summed E-state index contributed by atoms with van der Waals surface area (Å²) in [5.41, 5.74) is 3.43. The molecule has 0 aliphatic rings. The fourth-order valence-corrected chi connectivity index (χ4v) is 3.81. The lowest BCUT2D eigenvalue weighted by molar-refractivity contribution is 0.341. The first kappa shape index (κ1) is 15.5. The topological polar surface area (TPSA) is 63.5 Å². The van der Waals surface area contributed by atoms with Gasteiger partial charge in [-0.2, -0.15) is 5.26 Å². The summed E-state index contributed by atoms with van der Waals surface area (Å²) in [6.45, 7) is 2.53. The summed E-state index contributed by atoms with van der Waals surface area (Å²) < 4.78 is 13.3. The van der Waals surface area contributed by atoms with E-state index < -0.39 is 0 Å². The normalized spacial score (nSPS) is 10.9. The Morgan fingerprint density at radius 1 is 1.28 bits per heavy atom. The van der Waals surface area contributed by atoms with Crippen LogP contribution in [-0.4, -0.2) is 16.0 Å². The predicted molar refractivity (Wildman–Crippen MR) is 96.7 cm³/mol. The van der Waals surface area contributed by atoms with Crippen LogP contribution in [0.15, 0.2) is 52.5 Å². The quantitative estimate of drug-likeness (QED) is 0.520. The summed E-state index contributed by atoms with van der Waals surface area (Å²) in [5.74, 6) is 1.53. The minimum absolute atomic E-state index is 0.251. The first-order valence-electron chi connectivity index (χ1n) is 7.95. The number of nitrogens with zero attached hydrogens (tertiary/aromatic N) is 3. The number of ether oxygens (including phenoxy) is 1. The summed E-state index contributed by atoms with van der Waals surface area (Å²) >= 11 is 1.53. The molecule has 0 amide bonds. The molecule has 0 atom stereocenters. The Labute approximate surface area is 148 Å². The number of rotatable bonds is 5. The number of fused-ring (bicyclic) bond motifs is 1. The highest BCUT2D eigenvalue weighted by Gasteiger charge is 2.21. The molecule has 5 nitrogen and oxygen atoms in total. The van der Waals surface area contributed by atoms with Crippen LogP contribution in [0.5, 0.6) is 5.75 Å². The van der Waals surface area contributed by atoms with E-state index in [1.807, 2.05) is 53.1 Å². The predicted octanol–water partition coefficient (Wildman–Crippen LogP) is 4.79. The van der Waals surface area contributed by atoms with Gasteiger partial charge in [0.25, 0.3) is 0 Å². The van der Waals surface area contributed by atoms with Gasteiger partial charge in [0.15, 0.2) is 10.7 Å². The van der Waals surface area contributed by atoms with Crippen molar-refractivity contribution in [3.05, 3.63) is 53.7 Å². The van der Waals surface area contributed by atoms with Gasteiger partial charge in [0.05, 0.1) is 36.7 Å². The summed E-state index contributed by atoms with van der Waals surface area (Å²) in [4.78, 5) is 5.62. The molecule has 6 heteroatoms. The van der Waals surface area contributed by atoms with E-state index in [9.17, 15) is 5.26 Å². The van der Waals surface area contributed by atoms with E-state index in [1.165, 1.54) is 11.3 Å². The third-order valence-corrected chi connectivity index (χ3v) is 4.75. The maximum atomic E-state index is 9.36. The van der Waals surface area contributed by atoms with Gasteiger partial charge in [-0.3, -0.25) is 4.40 Å². The van der Waals surface area contributed by atoms with Gasteiger partial charge in [0, 0.05) is 10.9 Å². The Balaban J connectivity index is 1.97. The van der Waals surface area contributed by atoms with Crippen molar-refractivity contribution in [2.24, 2.45) is 0 Å². The van der Waals surface area contributed by atoms with Crippen molar-refractivity contribution in [2.75, 3.05) is 6.61 Å². The van der Waals surface area contributed by atoms with Crippen LogP contribution in [0.4, 0.5) is 0 Å². The van der Waals surface area contributed by atoms with Gasteiger partial charge in [0.1, 0.15) is 11.4 Å². The van der Waals surface area contributed by atoms with Crippen molar-refractivity contribution in [1.82, 2.24) is 9.38 Å². The van der Waals surface area contributed by atoms with Gasteiger partial charge in [-0.1, -0.05) is 12.1 Å². The zero-order chi connectivity index (χ0) is 17.2. The molecular formula is C19H15N3O2S. The fraction of sp³-hybridized carbons (Fsp3) is 0.158. The second kappa shape index (κ2) is 6.46. The first-order valence-corrected chi connectivity index (χ1v) is 8.83. The molecule has 3 aromatic heterocycles. The SMILES string of the molecule is CCOc1ccccc1-c1nc2scc(-c3ccco3)n2c1CC#N. The molecule has 0 saturated heterocycles. The third-order valence-electron chi connectivity index (χ3n) is 3.92. The highest BCUT2D eigenvalue weighted by Crippen LogP contribution is 2.36. The summed E-state index contributed by atoms with van der Waals surface area (Å²) in [6.07, 6.45) is 1.90. The summed E-state index contributed by atoms with van der Waals surface area (Å²) in [7, 11) is 0. The lowest BCUT2D eigenvalue weighted by Gasteiger charge is -2.09. The molecule has 0 saturated carbocycles. The van der Waals surface area contributed by atoms with Crippen molar-refractivity contribution in [3.8, 4) is 34.5 Å². The smallest absolute Gasteiger partial charge is 0.195 e. The lowest BCUT2D eigenvalue weighted by Crippen LogP contribution is -1.97. The zero-order valence-electron chi connectivity index (χ0n) is 13.6. The molecule has 0 bridgehead atoms. The second-order valence-electron chi connectivity index (χ2n) is 5.39. The molecule has 0 radical (unpaired) electrons. The molecule has 0 unspecified atom stereocenters. The molecule has 0 fully saturated rings. The molecular weight excluding hydrogens is 334 g/mol. The van der Waals surface area contributed by atoms with Crippen molar-refractivity contribution >= 4 is 16.3 Å². The van der Waals surface area contributed by atoms with Gasteiger partial charge < -0.3 is 9.15 Å². The average molecular weight is 349 g/mol. The number of hydrogen-bond acceptors (Lipinski definition) is 5. The standard InChI is InChI=1S/C19H15N3O2S/c1-2-23-16-7-4-3-6-13(16)18-14(9-10-20)22-15(12-25-19(22)21-18)17-8-5-11-24-17/h3-8,11-12H,2,9H2,1H3. The molecule has 0 aliphatic carbocycles. The van der Waals surface area contributed by atoms with E-state index >= 15 is 0 Å². The largest absolute Gasteiger partial charge is 0.493 e. The highest BCUT2D eigenvalue weighted by molar-refractivity contribution is 7.15. The number of nitriles is 1. The average Bonchev–Trinajstić information content (AvgIpc) is 3.33. The minimum atomic E-state index is 0.251. The van der Waals surface area contributed by atoms with Crippen molar-refractivity contribution < 1.29 is 9.15 Å². The Hall–Kier alpha value is -3.04. The Kier molecular flexibility index (Phi) is 4.00. The van der Waals surface area contributed by atoms with Crippen LogP contribution in [0.3, 0.4) is 0 Å². The van der Waals surface area contributed by atoms with Crippen LogP contribution >= 0.6 is 11.3 Å².